The standard InChI is InChI=1S/C17H22FNO/c1-12-9-15(10-13(2)17(12)18)11-19-14(3)6-7-16-5-4-8-20-16/h4-5,8-10,14,19H,6-7,11H2,1-3H3. The van der Waals surface area contributed by atoms with Crippen LogP contribution in [0.5, 0.6) is 0 Å². The molecule has 0 aliphatic carbocycles. The summed E-state index contributed by atoms with van der Waals surface area (Å²) in [5, 5.41) is 3.47. The highest BCUT2D eigenvalue weighted by atomic mass is 19.1. The van der Waals surface area contributed by atoms with E-state index in [1.165, 1.54) is 0 Å². The first kappa shape index (κ1) is 14.8. The van der Waals surface area contributed by atoms with Gasteiger partial charge in [0.05, 0.1) is 6.26 Å². The van der Waals surface area contributed by atoms with Crippen molar-refractivity contribution in [2.75, 3.05) is 0 Å². The fourth-order valence-corrected chi connectivity index (χ4v) is 2.35. The van der Waals surface area contributed by atoms with Crippen LogP contribution in [0.15, 0.2) is 34.9 Å². The van der Waals surface area contributed by atoms with Crippen molar-refractivity contribution in [1.82, 2.24) is 5.32 Å². The van der Waals surface area contributed by atoms with Crippen LogP contribution in [0.4, 0.5) is 4.39 Å². The molecule has 1 aromatic carbocycles. The van der Waals surface area contributed by atoms with E-state index in [4.69, 9.17) is 4.42 Å². The third kappa shape index (κ3) is 3.94. The van der Waals surface area contributed by atoms with Gasteiger partial charge in [0.15, 0.2) is 0 Å². The number of benzene rings is 1. The number of hydrogen-bond acceptors (Lipinski definition) is 2. The maximum Gasteiger partial charge on any atom is 0.129 e. The zero-order chi connectivity index (χ0) is 14.5. The van der Waals surface area contributed by atoms with Gasteiger partial charge in [0.1, 0.15) is 11.6 Å². The molecule has 1 heterocycles. The summed E-state index contributed by atoms with van der Waals surface area (Å²) in [4.78, 5) is 0. The summed E-state index contributed by atoms with van der Waals surface area (Å²) in [5.41, 5.74) is 2.56. The van der Waals surface area contributed by atoms with E-state index in [0.717, 1.165) is 30.7 Å². The second-order valence-electron chi connectivity index (χ2n) is 5.44. The molecule has 2 aromatic rings. The van der Waals surface area contributed by atoms with Gasteiger partial charge in [-0.2, -0.15) is 0 Å². The molecular formula is C17H22FNO. The Morgan fingerprint density at radius 3 is 2.55 bits per heavy atom. The highest BCUT2D eigenvalue weighted by Crippen LogP contribution is 2.15. The van der Waals surface area contributed by atoms with E-state index in [1.807, 2.05) is 38.1 Å². The average molecular weight is 275 g/mol. The first-order valence-corrected chi connectivity index (χ1v) is 7.07. The second kappa shape index (κ2) is 6.71. The van der Waals surface area contributed by atoms with Crippen molar-refractivity contribution >= 4 is 0 Å². The summed E-state index contributed by atoms with van der Waals surface area (Å²) in [6.45, 7) is 6.55. The predicted octanol–water partition coefficient (Wildman–Crippen LogP) is 4.15. The van der Waals surface area contributed by atoms with Gasteiger partial charge >= 0.3 is 0 Å². The molecule has 3 heteroatoms. The SMILES string of the molecule is Cc1cc(CNC(C)CCc2ccco2)cc(C)c1F. The monoisotopic (exact) mass is 275 g/mol. The third-order valence-corrected chi connectivity index (χ3v) is 3.55. The maximum absolute atomic E-state index is 13.6. The Labute approximate surface area is 120 Å². The fourth-order valence-electron chi connectivity index (χ4n) is 2.35. The van der Waals surface area contributed by atoms with Crippen molar-refractivity contribution in [3.63, 3.8) is 0 Å². The first-order chi connectivity index (χ1) is 9.56. The number of furan rings is 1. The summed E-state index contributed by atoms with van der Waals surface area (Å²) in [7, 11) is 0. The van der Waals surface area contributed by atoms with Crippen LogP contribution in [0.3, 0.4) is 0 Å². The van der Waals surface area contributed by atoms with Crippen LogP contribution in [-0.2, 0) is 13.0 Å². The van der Waals surface area contributed by atoms with Crippen LogP contribution in [0.1, 0.15) is 35.8 Å². The minimum atomic E-state index is -0.0976. The molecule has 0 amide bonds. The van der Waals surface area contributed by atoms with Gasteiger partial charge in [-0.15, -0.1) is 0 Å². The van der Waals surface area contributed by atoms with E-state index in [-0.39, 0.29) is 5.82 Å². The van der Waals surface area contributed by atoms with E-state index in [1.54, 1.807) is 6.26 Å². The average Bonchev–Trinajstić information content (AvgIpc) is 2.93. The Bertz CT molecular complexity index is 525. The molecule has 1 atom stereocenters. The zero-order valence-corrected chi connectivity index (χ0v) is 12.4. The lowest BCUT2D eigenvalue weighted by Gasteiger charge is -2.14. The van der Waals surface area contributed by atoms with E-state index >= 15 is 0 Å². The Kier molecular flexibility index (Phi) is 4.96. The lowest BCUT2D eigenvalue weighted by Crippen LogP contribution is -2.26. The van der Waals surface area contributed by atoms with Crippen molar-refractivity contribution in [2.24, 2.45) is 0 Å². The molecule has 0 aliphatic rings. The maximum atomic E-state index is 13.6. The topological polar surface area (TPSA) is 25.2 Å². The molecule has 0 radical (unpaired) electrons. The van der Waals surface area contributed by atoms with Gasteiger partial charge in [-0.25, -0.2) is 4.39 Å². The van der Waals surface area contributed by atoms with Crippen molar-refractivity contribution in [1.29, 1.82) is 0 Å². The minimum Gasteiger partial charge on any atom is -0.469 e. The summed E-state index contributed by atoms with van der Waals surface area (Å²) in [6, 6.07) is 8.13. The van der Waals surface area contributed by atoms with Crippen LogP contribution in [0.25, 0.3) is 0 Å². The number of halogens is 1. The van der Waals surface area contributed by atoms with Crippen molar-refractivity contribution in [3.05, 3.63) is 58.8 Å². The second-order valence-corrected chi connectivity index (χ2v) is 5.44. The van der Waals surface area contributed by atoms with Crippen molar-refractivity contribution in [2.45, 2.75) is 46.2 Å². The lowest BCUT2D eigenvalue weighted by atomic mass is 10.1. The molecule has 0 saturated carbocycles. The molecule has 1 unspecified atom stereocenters. The number of aryl methyl sites for hydroxylation is 3. The van der Waals surface area contributed by atoms with Gasteiger partial charge in [0.25, 0.3) is 0 Å². The number of rotatable bonds is 6. The molecule has 0 spiro atoms. The molecule has 0 bridgehead atoms. The van der Waals surface area contributed by atoms with Crippen LogP contribution in [-0.4, -0.2) is 6.04 Å². The number of hydrogen-bond donors (Lipinski definition) is 1. The van der Waals surface area contributed by atoms with Gasteiger partial charge in [0, 0.05) is 19.0 Å². The van der Waals surface area contributed by atoms with Crippen LogP contribution < -0.4 is 5.32 Å². The fraction of sp³-hybridized carbons (Fsp3) is 0.412. The normalized spacial score (nSPS) is 12.6. The smallest absolute Gasteiger partial charge is 0.129 e. The van der Waals surface area contributed by atoms with Gasteiger partial charge < -0.3 is 9.73 Å². The van der Waals surface area contributed by atoms with E-state index < -0.39 is 0 Å². The van der Waals surface area contributed by atoms with Gasteiger partial charge in [-0.05, 0) is 56.0 Å². The molecule has 1 aromatic heterocycles. The highest BCUT2D eigenvalue weighted by molar-refractivity contribution is 5.30. The summed E-state index contributed by atoms with van der Waals surface area (Å²) >= 11 is 0. The molecular weight excluding hydrogens is 253 g/mol. The van der Waals surface area contributed by atoms with E-state index in [0.29, 0.717) is 17.2 Å². The first-order valence-electron chi connectivity index (χ1n) is 7.07. The Morgan fingerprint density at radius 2 is 1.95 bits per heavy atom. The third-order valence-electron chi connectivity index (χ3n) is 3.55. The Balaban J connectivity index is 1.82. The molecule has 108 valence electrons. The molecule has 2 rings (SSSR count). The lowest BCUT2D eigenvalue weighted by molar-refractivity contribution is 0.459. The Morgan fingerprint density at radius 1 is 1.25 bits per heavy atom. The predicted molar refractivity (Wildman–Crippen MR) is 79.2 cm³/mol. The van der Waals surface area contributed by atoms with Crippen LogP contribution in [0.2, 0.25) is 0 Å². The molecule has 0 aliphatic heterocycles. The van der Waals surface area contributed by atoms with E-state index in [9.17, 15) is 4.39 Å². The van der Waals surface area contributed by atoms with E-state index in [2.05, 4.69) is 12.2 Å². The van der Waals surface area contributed by atoms with Crippen molar-refractivity contribution in [3.8, 4) is 0 Å². The summed E-state index contributed by atoms with van der Waals surface area (Å²) in [5.74, 6) is 0.923. The minimum absolute atomic E-state index is 0.0976. The quantitative estimate of drug-likeness (QED) is 0.857. The van der Waals surface area contributed by atoms with Gasteiger partial charge in [-0.3, -0.25) is 0 Å². The zero-order valence-electron chi connectivity index (χ0n) is 12.4. The van der Waals surface area contributed by atoms with Gasteiger partial charge in [-0.1, -0.05) is 12.1 Å². The largest absolute Gasteiger partial charge is 0.469 e. The molecule has 2 nitrogen and oxygen atoms in total. The highest BCUT2D eigenvalue weighted by Gasteiger charge is 2.07. The molecule has 0 fully saturated rings. The number of nitrogens with one attached hydrogen (secondary N) is 1. The molecule has 0 saturated heterocycles. The summed E-state index contributed by atoms with van der Waals surface area (Å²) in [6.07, 6.45) is 3.66. The summed E-state index contributed by atoms with van der Waals surface area (Å²) < 4.78 is 18.9. The van der Waals surface area contributed by atoms with Crippen molar-refractivity contribution < 1.29 is 8.81 Å². The van der Waals surface area contributed by atoms with Crippen LogP contribution >= 0.6 is 0 Å². The molecule has 20 heavy (non-hydrogen) atoms. The van der Waals surface area contributed by atoms with Crippen LogP contribution in [0, 0.1) is 19.7 Å². The molecule has 1 N–H and O–H groups in total. The van der Waals surface area contributed by atoms with Gasteiger partial charge in [0.2, 0.25) is 0 Å². The Hall–Kier alpha value is -1.61.